The second-order valence-corrected chi connectivity index (χ2v) is 8.52. The summed E-state index contributed by atoms with van der Waals surface area (Å²) in [6.07, 6.45) is 5.52. The number of aromatic nitrogens is 2. The molecule has 2 heterocycles. The number of nitrogens with zero attached hydrogens (tertiary/aromatic N) is 3. The smallest absolute Gasteiger partial charge is 0.153 e. The Morgan fingerprint density at radius 1 is 1.20 bits per heavy atom. The normalized spacial score (nSPS) is 27.8. The topological polar surface area (TPSA) is 79.8 Å². The second-order valence-electron chi connectivity index (χ2n) is 8.52. The third-order valence-corrected chi connectivity index (χ3v) is 7.04. The molecule has 1 unspecified atom stereocenters. The molecule has 0 N–H and O–H groups in total. The van der Waals surface area contributed by atoms with E-state index in [0.717, 1.165) is 40.9 Å². The second kappa shape index (κ2) is 6.91. The number of hydrogen-bond acceptors (Lipinski definition) is 5. The van der Waals surface area contributed by atoms with Gasteiger partial charge in [-0.25, -0.2) is 9.97 Å². The molecule has 0 saturated heterocycles. The minimum absolute atomic E-state index is 0.0679. The fraction of sp³-hybridized carbons (Fsp3) is 0.360. The maximum absolute atomic E-state index is 12.9. The van der Waals surface area contributed by atoms with Crippen LogP contribution in [0.5, 0.6) is 0 Å². The Hall–Kier alpha value is -3.26. The van der Waals surface area contributed by atoms with Crippen LogP contribution in [0, 0.1) is 36.0 Å². The Morgan fingerprint density at radius 3 is 2.70 bits per heavy atom. The summed E-state index contributed by atoms with van der Waals surface area (Å²) in [5.41, 5.74) is 4.59. The molecule has 150 valence electrons. The molecule has 30 heavy (non-hydrogen) atoms. The molecule has 5 rings (SSSR count). The van der Waals surface area contributed by atoms with Gasteiger partial charge in [-0.1, -0.05) is 37.3 Å². The standard InChI is InChI=1S/C25H23N3O2/c1-15-21-9-8-20-22(17-10-11-30-14-17)27-16(2)28-24(20)25(21,12-18(13-26)23(15)29)19-6-4-3-5-7-19/h3-7,10-11,14-15,18,21H,8-9,12H2,1-2H3/t15-,18?,21-,25+/m0/s1. The molecule has 0 radical (unpaired) electrons. The van der Waals surface area contributed by atoms with Crippen LogP contribution in [0.4, 0.5) is 0 Å². The van der Waals surface area contributed by atoms with Crippen molar-refractivity contribution >= 4 is 5.78 Å². The highest BCUT2D eigenvalue weighted by atomic mass is 16.3. The molecule has 1 saturated carbocycles. The Balaban J connectivity index is 1.83. The van der Waals surface area contributed by atoms with Crippen LogP contribution in [0.25, 0.3) is 11.3 Å². The number of hydrogen-bond donors (Lipinski definition) is 0. The number of carbonyl (C=O) groups is 1. The highest BCUT2D eigenvalue weighted by molar-refractivity contribution is 5.87. The predicted octanol–water partition coefficient (Wildman–Crippen LogP) is 4.64. The van der Waals surface area contributed by atoms with Gasteiger partial charge in [-0.2, -0.15) is 5.26 Å². The number of ketones is 1. The van der Waals surface area contributed by atoms with Crippen molar-refractivity contribution in [3.63, 3.8) is 0 Å². The number of benzene rings is 1. The van der Waals surface area contributed by atoms with Gasteiger partial charge in [-0.05, 0) is 43.7 Å². The molecule has 0 amide bonds. The Kier molecular flexibility index (Phi) is 4.32. The Bertz CT molecular complexity index is 1150. The van der Waals surface area contributed by atoms with E-state index in [1.165, 1.54) is 0 Å². The van der Waals surface area contributed by atoms with Gasteiger partial charge >= 0.3 is 0 Å². The van der Waals surface area contributed by atoms with Crippen LogP contribution in [0.2, 0.25) is 0 Å². The summed E-state index contributed by atoms with van der Waals surface area (Å²) in [6, 6.07) is 14.5. The van der Waals surface area contributed by atoms with Gasteiger partial charge in [0.2, 0.25) is 0 Å². The van der Waals surface area contributed by atoms with Crippen molar-refractivity contribution in [3.05, 3.63) is 71.6 Å². The van der Waals surface area contributed by atoms with Gasteiger partial charge in [-0.15, -0.1) is 0 Å². The van der Waals surface area contributed by atoms with Crippen molar-refractivity contribution in [2.45, 2.75) is 38.5 Å². The van der Waals surface area contributed by atoms with Gasteiger partial charge in [0.15, 0.2) is 5.78 Å². The van der Waals surface area contributed by atoms with Crippen LogP contribution >= 0.6 is 0 Å². The summed E-state index contributed by atoms with van der Waals surface area (Å²) in [7, 11) is 0. The maximum Gasteiger partial charge on any atom is 0.153 e. The lowest BCUT2D eigenvalue weighted by atomic mass is 9.51. The Morgan fingerprint density at radius 2 is 2.00 bits per heavy atom. The van der Waals surface area contributed by atoms with Crippen molar-refractivity contribution in [1.29, 1.82) is 5.26 Å². The van der Waals surface area contributed by atoms with E-state index >= 15 is 0 Å². The molecular formula is C25H23N3O2. The molecule has 2 aromatic heterocycles. The summed E-state index contributed by atoms with van der Waals surface area (Å²) in [5.74, 6) is 0.0489. The fourth-order valence-corrected chi connectivity index (χ4v) is 5.74. The molecule has 5 heteroatoms. The van der Waals surface area contributed by atoms with Gasteiger partial charge < -0.3 is 4.42 Å². The zero-order chi connectivity index (χ0) is 20.9. The zero-order valence-electron chi connectivity index (χ0n) is 17.1. The van der Waals surface area contributed by atoms with E-state index in [1.54, 1.807) is 12.5 Å². The van der Waals surface area contributed by atoms with Gasteiger partial charge in [0.1, 0.15) is 11.7 Å². The predicted molar refractivity (Wildman–Crippen MR) is 111 cm³/mol. The third-order valence-electron chi connectivity index (χ3n) is 7.04. The fourth-order valence-electron chi connectivity index (χ4n) is 5.74. The number of rotatable bonds is 2. The Labute approximate surface area is 175 Å². The van der Waals surface area contributed by atoms with Crippen molar-refractivity contribution in [1.82, 2.24) is 9.97 Å². The van der Waals surface area contributed by atoms with Crippen LogP contribution in [0.1, 0.15) is 42.4 Å². The molecule has 0 spiro atoms. The lowest BCUT2D eigenvalue weighted by molar-refractivity contribution is -0.131. The lowest BCUT2D eigenvalue weighted by Gasteiger charge is -2.51. The quantitative estimate of drug-likeness (QED) is 0.629. The molecule has 2 aliphatic rings. The summed E-state index contributed by atoms with van der Waals surface area (Å²) < 4.78 is 5.33. The average Bonchev–Trinajstić information content (AvgIpc) is 3.31. The molecule has 3 aromatic rings. The molecule has 0 bridgehead atoms. The van der Waals surface area contributed by atoms with Crippen molar-refractivity contribution in [2.75, 3.05) is 0 Å². The first-order valence-electron chi connectivity index (χ1n) is 10.5. The number of Topliss-reactive ketones (excluding diaryl/α,β-unsaturated/α-hetero) is 1. The van der Waals surface area contributed by atoms with Crippen LogP contribution in [-0.4, -0.2) is 15.8 Å². The highest BCUT2D eigenvalue weighted by Crippen LogP contribution is 2.56. The summed E-state index contributed by atoms with van der Waals surface area (Å²) in [6.45, 7) is 3.90. The summed E-state index contributed by atoms with van der Waals surface area (Å²) in [4.78, 5) is 22.7. The van der Waals surface area contributed by atoms with E-state index in [0.29, 0.717) is 12.2 Å². The molecule has 5 nitrogen and oxygen atoms in total. The van der Waals surface area contributed by atoms with Crippen molar-refractivity contribution in [3.8, 4) is 17.3 Å². The lowest BCUT2D eigenvalue weighted by Crippen LogP contribution is -2.53. The minimum Gasteiger partial charge on any atom is -0.472 e. The monoisotopic (exact) mass is 397 g/mol. The molecule has 0 aliphatic heterocycles. The number of furan rings is 1. The van der Waals surface area contributed by atoms with Gasteiger partial charge in [0, 0.05) is 22.5 Å². The van der Waals surface area contributed by atoms with E-state index in [2.05, 4.69) is 18.2 Å². The van der Waals surface area contributed by atoms with Crippen LogP contribution < -0.4 is 0 Å². The number of carbonyl (C=O) groups excluding carboxylic acids is 1. The molecule has 1 aromatic carbocycles. The molecule has 1 fully saturated rings. The molecule has 2 aliphatic carbocycles. The van der Waals surface area contributed by atoms with Crippen LogP contribution in [0.15, 0.2) is 53.3 Å². The molecule has 4 atom stereocenters. The number of fused-ring (bicyclic) bond motifs is 3. The van der Waals surface area contributed by atoms with Crippen LogP contribution in [-0.2, 0) is 16.6 Å². The van der Waals surface area contributed by atoms with Gasteiger partial charge in [0.05, 0.1) is 30.0 Å². The van der Waals surface area contributed by atoms with Gasteiger partial charge in [-0.3, -0.25) is 4.79 Å². The first kappa shape index (κ1) is 18.7. The van der Waals surface area contributed by atoms with E-state index in [1.807, 2.05) is 38.1 Å². The summed E-state index contributed by atoms with van der Waals surface area (Å²) >= 11 is 0. The third kappa shape index (κ3) is 2.56. The van der Waals surface area contributed by atoms with Crippen molar-refractivity contribution < 1.29 is 9.21 Å². The largest absolute Gasteiger partial charge is 0.472 e. The first-order chi connectivity index (χ1) is 14.6. The van der Waals surface area contributed by atoms with Crippen molar-refractivity contribution in [2.24, 2.45) is 17.8 Å². The van der Waals surface area contributed by atoms with Gasteiger partial charge in [0.25, 0.3) is 0 Å². The first-order valence-corrected chi connectivity index (χ1v) is 10.5. The highest BCUT2D eigenvalue weighted by Gasteiger charge is 2.56. The van der Waals surface area contributed by atoms with Crippen LogP contribution in [0.3, 0.4) is 0 Å². The van der Waals surface area contributed by atoms with E-state index in [-0.39, 0.29) is 17.6 Å². The minimum atomic E-state index is -0.630. The maximum atomic E-state index is 12.9. The zero-order valence-corrected chi connectivity index (χ0v) is 17.1. The van der Waals surface area contributed by atoms with E-state index < -0.39 is 11.3 Å². The number of aryl methyl sites for hydroxylation is 1. The SMILES string of the molecule is Cc1nc(-c2ccoc2)c2c(n1)[C@@]1(c3ccccc3)CC(C#N)C(=O)[C@@H](C)[C@@H]1CC2. The number of nitriles is 1. The van der Waals surface area contributed by atoms with E-state index in [4.69, 9.17) is 14.4 Å². The summed E-state index contributed by atoms with van der Waals surface area (Å²) in [5, 5.41) is 9.82. The van der Waals surface area contributed by atoms with E-state index in [9.17, 15) is 10.1 Å². The molecular weight excluding hydrogens is 374 g/mol. The average molecular weight is 397 g/mol.